The van der Waals surface area contributed by atoms with Crippen LogP contribution in [0.1, 0.15) is 128 Å². The Kier molecular flexibility index (Phi) is 43.9. The fourth-order valence-corrected chi connectivity index (χ4v) is 14.1. The number of aliphatic hydroxyl groups is 3. The number of fused-ring (bicyclic) bond motifs is 2. The lowest BCUT2D eigenvalue weighted by Crippen LogP contribution is -2.62. The van der Waals surface area contributed by atoms with Crippen LogP contribution in [0.2, 0.25) is 0 Å². The summed E-state index contributed by atoms with van der Waals surface area (Å²) in [6.07, 6.45) is -3.27. The van der Waals surface area contributed by atoms with Crippen LogP contribution in [-0.2, 0) is 117 Å². The number of H-pyrrole nitrogens is 2. The fraction of sp³-hybridized carbons (Fsp3) is 0.466. The summed E-state index contributed by atoms with van der Waals surface area (Å²) >= 11 is 0. The average Bonchev–Trinajstić information content (AvgIpc) is 1.70. The predicted molar refractivity (Wildman–Crippen MR) is 479 cm³/mol. The van der Waals surface area contributed by atoms with Gasteiger partial charge >= 0.3 is 11.9 Å². The summed E-state index contributed by atoms with van der Waals surface area (Å²) in [7, 11) is 0. The van der Waals surface area contributed by atoms with Crippen LogP contribution in [-0.4, -0.2) is 271 Å². The van der Waals surface area contributed by atoms with E-state index in [1.807, 2.05) is 0 Å². The highest BCUT2D eigenvalue weighted by Crippen LogP contribution is 2.23. The van der Waals surface area contributed by atoms with Gasteiger partial charge in [-0.05, 0) is 119 Å². The summed E-state index contributed by atoms with van der Waals surface area (Å²) < 4.78 is 0. The monoisotopic (exact) mass is 1860 g/mol. The van der Waals surface area contributed by atoms with Crippen LogP contribution in [0, 0.1) is 5.92 Å². The number of rotatable bonds is 58. The number of hydrogen-bond donors (Lipinski definition) is 26. The first-order chi connectivity index (χ1) is 63.2. The molecule has 0 fully saturated rings. The Labute approximate surface area is 764 Å². The third-order valence-electron chi connectivity index (χ3n) is 21.0. The Morgan fingerprint density at radius 1 is 0.361 bits per heavy atom. The van der Waals surface area contributed by atoms with Crippen molar-refractivity contribution >= 4 is 134 Å². The first-order valence-corrected chi connectivity index (χ1v) is 43.2. The SMILES string of the molecule is CC(=O)N[C@@H](CC(=O)O)C(=O)N[C@@H](Cc1c[nH]c2ccccc12)C(=O)NCC(=O)N[C@H](C(=O)N[C@@H](CC(C)C)C(=O)N[C@@H](Cc1ccccc1)C(=O)N[C@@H](CO)C(=O)N[C@@H](CC(=O)O)C(=O)N[C@@H](Cc1ccccc1)C(=O)N[C@@H](Cc1c[nH]c2ccccc12)C(=O)N[C@@H](CCC(N)=O)C(=O)N[C@H](C(=O)NCC(=O)N[C@@H](CCCCN)C(=O)N[C@@H](CCCCN)C(N)=O)[C@@H](C)O)[C@@H](C)O. The normalized spacial score (nSPS) is 14.5. The molecular weight excluding hydrogens is 1740 g/mol. The Hall–Kier alpha value is -14.3. The van der Waals surface area contributed by atoms with Gasteiger partial charge in [0.25, 0.3) is 0 Å². The molecular formula is C88H121N21O24. The third kappa shape index (κ3) is 36.2. The largest absolute Gasteiger partial charge is 0.481 e. The lowest BCUT2D eigenvalue weighted by Gasteiger charge is -2.28. The van der Waals surface area contributed by atoms with E-state index in [2.05, 4.69) is 89.7 Å². The van der Waals surface area contributed by atoms with Crippen LogP contribution in [0.25, 0.3) is 21.8 Å². The standard InChI is InChI=1S/C88H121N21O24/c1-46(2)34-61(106-88(133)75(48(4)112)108-71(116)44-95-77(122)64(37-52-41-93-56-26-14-12-24-54(52)56)103-84(129)66(39-72(117)118)97-49(5)113)80(125)101-63(36-51-22-10-7-11-23-51)82(127)107-68(45-110)86(131)105-67(40-73(119)120)85(130)102-62(35-50-20-8-6-9-21-50)81(126)104-65(38-53-42-94-57-27-15-13-25-55(53)57)83(128)100-60(30-31-69(91)114)79(124)109-74(47(3)111)87(132)96-43-70(115)98-59(29-17-19-33-90)78(123)99-58(76(92)121)28-16-18-32-89/h6-15,20-27,41-42,46-48,58-68,74-75,93-94,110-112H,16-19,28-40,43-45,89-90H2,1-5H3,(H2,91,114)(H2,92,121)(H,95,122)(H,96,132)(H,97,113)(H,98,115)(H,99,123)(H,100,128)(H,101,125)(H,102,130)(H,103,129)(H,104,126)(H,105,131)(H,106,133)(H,107,127)(H,108,116)(H,109,124)(H,117,118)(H,119,120)/t47-,48-,58+,59+,60+,61+,62+,63+,64+,65+,66+,67+,68+,74+,75+/m1/s1. The number of amides is 17. The minimum atomic E-state index is -2.16. The molecule has 2 heterocycles. The molecule has 0 aliphatic carbocycles. The number of carboxylic acid groups (broad SMARTS) is 2. The quantitative estimate of drug-likeness (QED) is 0.0158. The van der Waals surface area contributed by atoms with E-state index in [1.54, 1.807) is 129 Å². The second-order valence-electron chi connectivity index (χ2n) is 32.4. The van der Waals surface area contributed by atoms with E-state index in [0.29, 0.717) is 76.3 Å². The fourth-order valence-electron chi connectivity index (χ4n) is 14.1. The average molecular weight is 1860 g/mol. The summed E-state index contributed by atoms with van der Waals surface area (Å²) in [5.41, 5.74) is 25.2. The molecule has 0 spiro atoms. The van der Waals surface area contributed by atoms with Crippen molar-refractivity contribution in [1.29, 1.82) is 0 Å². The van der Waals surface area contributed by atoms with Gasteiger partial charge in [0.1, 0.15) is 78.5 Å². The molecule has 722 valence electrons. The lowest BCUT2D eigenvalue weighted by molar-refractivity contribution is -0.142. The van der Waals surface area contributed by atoms with Crippen molar-refractivity contribution in [2.75, 3.05) is 32.8 Å². The van der Waals surface area contributed by atoms with Gasteiger partial charge in [0.2, 0.25) is 100 Å². The molecule has 133 heavy (non-hydrogen) atoms. The van der Waals surface area contributed by atoms with E-state index in [0.717, 1.165) is 20.8 Å². The Balaban J connectivity index is 1.20. The number of hydrogen-bond acceptors (Lipinski definition) is 24. The molecule has 0 aliphatic heterocycles. The van der Waals surface area contributed by atoms with Crippen LogP contribution in [0.5, 0.6) is 0 Å². The van der Waals surface area contributed by atoms with Gasteiger partial charge in [-0.15, -0.1) is 0 Å². The molecule has 6 rings (SSSR count). The Morgan fingerprint density at radius 3 is 1.16 bits per heavy atom. The van der Waals surface area contributed by atoms with Crippen LogP contribution in [0.4, 0.5) is 0 Å². The van der Waals surface area contributed by atoms with Gasteiger partial charge < -0.3 is 138 Å². The maximum atomic E-state index is 15.1. The van der Waals surface area contributed by atoms with Crippen LogP contribution in [0.15, 0.2) is 122 Å². The topological polar surface area (TPSA) is 742 Å². The van der Waals surface area contributed by atoms with Gasteiger partial charge in [-0.2, -0.15) is 0 Å². The maximum Gasteiger partial charge on any atom is 0.305 e. The first kappa shape index (κ1) is 107. The number of primary amides is 2. The van der Waals surface area contributed by atoms with Crippen molar-refractivity contribution in [3.63, 3.8) is 0 Å². The molecule has 0 saturated carbocycles. The van der Waals surface area contributed by atoms with Crippen molar-refractivity contribution < 1.29 is 117 Å². The molecule has 17 amide bonds. The number of aliphatic carboxylic acids is 2. The Bertz CT molecular complexity index is 5010. The van der Waals surface area contributed by atoms with Crippen molar-refractivity contribution in [2.24, 2.45) is 28.9 Å². The molecule has 30 N–H and O–H groups in total. The zero-order chi connectivity index (χ0) is 98.1. The van der Waals surface area contributed by atoms with Gasteiger partial charge in [-0.1, -0.05) is 111 Å². The summed E-state index contributed by atoms with van der Waals surface area (Å²) in [6, 6.07) is 7.33. The van der Waals surface area contributed by atoms with Crippen molar-refractivity contribution in [3.05, 3.63) is 144 Å². The highest BCUT2D eigenvalue weighted by Gasteiger charge is 2.40. The minimum Gasteiger partial charge on any atom is -0.481 e. The second kappa shape index (κ2) is 54.4. The molecule has 45 nitrogen and oxygen atoms in total. The van der Waals surface area contributed by atoms with Gasteiger partial charge in [-0.3, -0.25) is 91.1 Å². The Morgan fingerprint density at radius 2 is 0.714 bits per heavy atom. The summed E-state index contributed by atoms with van der Waals surface area (Å²) in [6.45, 7) is 4.15. The summed E-state index contributed by atoms with van der Waals surface area (Å²) in [4.78, 5) is 266. The van der Waals surface area contributed by atoms with E-state index in [1.165, 1.54) is 6.20 Å². The van der Waals surface area contributed by atoms with Gasteiger partial charge in [0.15, 0.2) is 0 Å². The number of carbonyl (C=O) groups excluding carboxylic acids is 17. The molecule has 4 aromatic carbocycles. The molecule has 2 aromatic heterocycles. The van der Waals surface area contributed by atoms with Gasteiger partial charge in [0.05, 0.1) is 44.7 Å². The summed E-state index contributed by atoms with van der Waals surface area (Å²) in [5.74, 6) is -21.8. The molecule has 15 atom stereocenters. The number of aliphatic hydroxyl groups excluding tert-OH is 3. The lowest BCUT2D eigenvalue weighted by atomic mass is 10.00. The highest BCUT2D eigenvalue weighted by molar-refractivity contribution is 6.02. The van der Waals surface area contributed by atoms with Crippen LogP contribution in [0.3, 0.4) is 0 Å². The first-order valence-electron chi connectivity index (χ1n) is 43.2. The van der Waals surface area contributed by atoms with E-state index in [-0.39, 0.29) is 38.6 Å². The molecule has 0 saturated heterocycles. The predicted octanol–water partition coefficient (Wildman–Crippen LogP) is -5.77. The number of aromatic amines is 2. The number of para-hydroxylation sites is 2. The number of carboxylic acids is 2. The van der Waals surface area contributed by atoms with Crippen molar-refractivity contribution in [1.82, 2.24) is 89.7 Å². The minimum absolute atomic E-state index is 0.0414. The van der Waals surface area contributed by atoms with E-state index in [9.17, 15) is 107 Å². The third-order valence-corrected chi connectivity index (χ3v) is 21.0. The van der Waals surface area contributed by atoms with Crippen molar-refractivity contribution in [2.45, 2.75) is 222 Å². The molecule has 0 aliphatic rings. The van der Waals surface area contributed by atoms with Crippen LogP contribution >= 0.6 is 0 Å². The van der Waals surface area contributed by atoms with Crippen LogP contribution < -0.4 is 103 Å². The van der Waals surface area contributed by atoms with E-state index >= 15 is 9.59 Å². The number of nitrogens with two attached hydrogens (primary N) is 4. The number of nitrogens with one attached hydrogen (secondary N) is 17. The molecule has 6 aromatic rings. The number of carbonyl (C=O) groups is 19. The zero-order valence-electron chi connectivity index (χ0n) is 74.2. The number of benzene rings is 4. The second-order valence-corrected chi connectivity index (χ2v) is 32.4. The maximum absolute atomic E-state index is 15.1. The van der Waals surface area contributed by atoms with E-state index < -0.39 is 267 Å². The number of unbranched alkanes of at least 4 members (excludes halogenated alkanes) is 2. The highest BCUT2D eigenvalue weighted by atomic mass is 16.4. The van der Waals surface area contributed by atoms with Gasteiger partial charge in [0, 0.05) is 73.2 Å². The zero-order valence-corrected chi connectivity index (χ0v) is 74.2. The summed E-state index contributed by atoms with van der Waals surface area (Å²) in [5, 5.41) is 89.7. The molecule has 0 unspecified atom stereocenters. The smallest absolute Gasteiger partial charge is 0.305 e. The van der Waals surface area contributed by atoms with Crippen molar-refractivity contribution in [3.8, 4) is 0 Å². The van der Waals surface area contributed by atoms with E-state index in [4.69, 9.17) is 22.9 Å². The molecule has 0 radical (unpaired) electrons. The molecule has 0 bridgehead atoms. The number of aromatic nitrogens is 2. The molecule has 45 heteroatoms. The van der Waals surface area contributed by atoms with Gasteiger partial charge in [-0.25, -0.2) is 0 Å².